The van der Waals surface area contributed by atoms with Crippen LogP contribution in [0.1, 0.15) is 11.1 Å². The number of nitrogens with zero attached hydrogens (tertiary/aromatic N) is 2. The van der Waals surface area contributed by atoms with Crippen LogP contribution in [0.2, 0.25) is 0 Å². The maximum Gasteiger partial charge on any atom is 0.417 e. The van der Waals surface area contributed by atoms with Crippen LogP contribution in [0, 0.1) is 6.92 Å². The van der Waals surface area contributed by atoms with Crippen LogP contribution in [-0.2, 0) is 6.18 Å². The average Bonchev–Trinajstić information content (AvgIpc) is 3.03. The third kappa shape index (κ3) is 4.05. The van der Waals surface area contributed by atoms with Crippen molar-refractivity contribution in [1.29, 1.82) is 0 Å². The third-order valence-corrected chi connectivity index (χ3v) is 4.10. The maximum absolute atomic E-state index is 12.9. The van der Waals surface area contributed by atoms with E-state index in [4.69, 9.17) is 4.42 Å². The first-order valence-electron chi connectivity index (χ1n) is 8.46. The van der Waals surface area contributed by atoms with Gasteiger partial charge in [0.05, 0.1) is 11.1 Å². The number of aromatic nitrogens is 3. The highest BCUT2D eigenvalue weighted by molar-refractivity contribution is 5.78. The molecular formula is C19H14F3N5O2. The number of fused-ring (bicyclic) bond motifs is 1. The predicted octanol–water partition coefficient (Wildman–Crippen LogP) is 4.73. The third-order valence-electron chi connectivity index (χ3n) is 4.10. The molecule has 0 bridgehead atoms. The topological polar surface area (TPSA) is 95.8 Å². The highest BCUT2D eigenvalue weighted by Crippen LogP contribution is 2.31. The first kappa shape index (κ1) is 18.5. The zero-order valence-corrected chi connectivity index (χ0v) is 15.0. The average molecular weight is 401 g/mol. The van der Waals surface area contributed by atoms with E-state index in [0.717, 1.165) is 17.7 Å². The molecule has 0 aliphatic carbocycles. The minimum absolute atomic E-state index is 0.134. The number of alkyl halides is 3. The van der Waals surface area contributed by atoms with Crippen LogP contribution in [0.5, 0.6) is 0 Å². The standard InChI is InChI=1S/C19H14F3N5O2/c1-10-9-23-17(25-12-4-2-3-11(7-12)19(20,21)22)27-16(10)24-13-5-6-15-14(8-13)26-18(28)29-15/h2-9H,1H3,(H,26,28)(H2,23,24,25,27). The van der Waals surface area contributed by atoms with Gasteiger partial charge in [-0.25, -0.2) is 9.78 Å². The highest BCUT2D eigenvalue weighted by atomic mass is 19.4. The molecule has 0 atom stereocenters. The molecule has 0 aliphatic rings. The van der Waals surface area contributed by atoms with Gasteiger partial charge in [-0.1, -0.05) is 6.07 Å². The second-order valence-electron chi connectivity index (χ2n) is 6.28. The fraction of sp³-hybridized carbons (Fsp3) is 0.105. The Kier molecular flexibility index (Phi) is 4.45. The largest absolute Gasteiger partial charge is 0.417 e. The van der Waals surface area contributed by atoms with Crippen LogP contribution in [0.3, 0.4) is 0 Å². The Hall–Kier alpha value is -3.82. The molecule has 2 aromatic heterocycles. The second kappa shape index (κ2) is 6.97. The Morgan fingerprint density at radius 2 is 1.86 bits per heavy atom. The monoisotopic (exact) mass is 401 g/mol. The van der Waals surface area contributed by atoms with E-state index < -0.39 is 17.5 Å². The number of aromatic amines is 1. The van der Waals surface area contributed by atoms with E-state index in [2.05, 4.69) is 25.6 Å². The number of rotatable bonds is 4. The molecule has 2 heterocycles. The second-order valence-corrected chi connectivity index (χ2v) is 6.28. The summed E-state index contributed by atoms with van der Waals surface area (Å²) in [5.41, 5.74) is 1.75. The van der Waals surface area contributed by atoms with Crippen LogP contribution < -0.4 is 16.4 Å². The summed E-state index contributed by atoms with van der Waals surface area (Å²) in [6.45, 7) is 1.79. The molecule has 4 rings (SSSR count). The summed E-state index contributed by atoms with van der Waals surface area (Å²) >= 11 is 0. The summed E-state index contributed by atoms with van der Waals surface area (Å²) in [5, 5.41) is 5.88. The molecule has 0 unspecified atom stereocenters. The Morgan fingerprint density at radius 1 is 1.07 bits per heavy atom. The molecule has 4 aromatic rings. The zero-order valence-electron chi connectivity index (χ0n) is 15.0. The predicted molar refractivity (Wildman–Crippen MR) is 102 cm³/mol. The number of hydrogen-bond acceptors (Lipinski definition) is 6. The van der Waals surface area contributed by atoms with Crippen LogP contribution in [0.25, 0.3) is 11.1 Å². The van der Waals surface area contributed by atoms with Gasteiger partial charge < -0.3 is 15.1 Å². The van der Waals surface area contributed by atoms with Crippen molar-refractivity contribution in [1.82, 2.24) is 15.0 Å². The van der Waals surface area contributed by atoms with Crippen LogP contribution >= 0.6 is 0 Å². The SMILES string of the molecule is Cc1cnc(Nc2cccc(C(F)(F)F)c2)nc1Nc1ccc2oc(=O)[nH]c2c1. The van der Waals surface area contributed by atoms with Crippen molar-refractivity contribution in [2.24, 2.45) is 0 Å². The molecule has 148 valence electrons. The summed E-state index contributed by atoms with van der Waals surface area (Å²) in [6, 6.07) is 9.80. The molecule has 0 amide bonds. The van der Waals surface area contributed by atoms with E-state index >= 15 is 0 Å². The smallest absolute Gasteiger partial charge is 0.408 e. The van der Waals surface area contributed by atoms with Crippen LogP contribution in [0.4, 0.5) is 36.3 Å². The van der Waals surface area contributed by atoms with Crippen molar-refractivity contribution < 1.29 is 17.6 Å². The number of nitrogens with one attached hydrogen (secondary N) is 3. The zero-order chi connectivity index (χ0) is 20.6. The van der Waals surface area contributed by atoms with Gasteiger partial charge in [0.2, 0.25) is 5.95 Å². The van der Waals surface area contributed by atoms with Crippen molar-refractivity contribution in [2.45, 2.75) is 13.1 Å². The molecule has 29 heavy (non-hydrogen) atoms. The molecular weight excluding hydrogens is 387 g/mol. The summed E-state index contributed by atoms with van der Waals surface area (Å²) in [7, 11) is 0. The molecule has 2 aromatic carbocycles. The summed E-state index contributed by atoms with van der Waals surface area (Å²) in [6.07, 6.45) is -2.89. The molecule has 7 nitrogen and oxygen atoms in total. The Labute approximate surface area is 161 Å². The molecule has 0 saturated heterocycles. The molecule has 10 heteroatoms. The first-order valence-corrected chi connectivity index (χ1v) is 8.46. The van der Waals surface area contributed by atoms with Gasteiger partial charge in [-0.15, -0.1) is 0 Å². The minimum atomic E-state index is -4.44. The van der Waals surface area contributed by atoms with Crippen LogP contribution in [-0.4, -0.2) is 15.0 Å². The number of halogens is 3. The van der Waals surface area contributed by atoms with Gasteiger partial charge in [0.25, 0.3) is 0 Å². The molecule has 0 aliphatic heterocycles. The maximum atomic E-state index is 12.9. The number of benzene rings is 2. The number of aryl methyl sites for hydroxylation is 1. The van der Waals surface area contributed by atoms with Crippen molar-refractivity contribution >= 4 is 34.2 Å². The fourth-order valence-corrected chi connectivity index (χ4v) is 2.70. The molecule has 0 radical (unpaired) electrons. The van der Waals surface area contributed by atoms with Gasteiger partial charge in [-0.3, -0.25) is 4.98 Å². The van der Waals surface area contributed by atoms with Crippen molar-refractivity contribution in [2.75, 3.05) is 10.6 Å². The van der Waals surface area contributed by atoms with Gasteiger partial charge in [0.15, 0.2) is 5.58 Å². The number of oxazole rings is 1. The number of hydrogen-bond donors (Lipinski definition) is 3. The lowest BCUT2D eigenvalue weighted by Crippen LogP contribution is -2.06. The van der Waals surface area contributed by atoms with E-state index in [1.54, 1.807) is 31.3 Å². The van der Waals surface area contributed by atoms with Gasteiger partial charge >= 0.3 is 11.9 Å². The normalized spacial score (nSPS) is 11.6. The van der Waals surface area contributed by atoms with E-state index in [-0.39, 0.29) is 11.6 Å². The molecule has 0 spiro atoms. The van der Waals surface area contributed by atoms with Crippen molar-refractivity contribution in [3.05, 3.63) is 70.3 Å². The Morgan fingerprint density at radius 3 is 2.66 bits per heavy atom. The van der Waals surface area contributed by atoms with Crippen LogP contribution in [0.15, 0.2) is 57.9 Å². The number of H-pyrrole nitrogens is 1. The fourth-order valence-electron chi connectivity index (χ4n) is 2.70. The summed E-state index contributed by atoms with van der Waals surface area (Å²) in [5.74, 6) is 0.0397. The van der Waals surface area contributed by atoms with Gasteiger partial charge in [0.1, 0.15) is 5.82 Å². The van der Waals surface area contributed by atoms with E-state index in [9.17, 15) is 18.0 Å². The summed E-state index contributed by atoms with van der Waals surface area (Å²) in [4.78, 5) is 22.3. The Balaban J connectivity index is 1.59. The lowest BCUT2D eigenvalue weighted by molar-refractivity contribution is -0.137. The quantitative estimate of drug-likeness (QED) is 0.458. The molecule has 0 fully saturated rings. The highest BCUT2D eigenvalue weighted by Gasteiger charge is 2.30. The molecule has 3 N–H and O–H groups in total. The van der Waals surface area contributed by atoms with E-state index in [0.29, 0.717) is 22.6 Å². The Bertz CT molecular complexity index is 1250. The lowest BCUT2D eigenvalue weighted by Gasteiger charge is -2.12. The van der Waals surface area contributed by atoms with Crippen molar-refractivity contribution in [3.63, 3.8) is 0 Å². The van der Waals surface area contributed by atoms with E-state index in [1.165, 1.54) is 12.1 Å². The van der Waals surface area contributed by atoms with Gasteiger partial charge in [-0.2, -0.15) is 18.2 Å². The first-order chi connectivity index (χ1) is 13.8. The minimum Gasteiger partial charge on any atom is -0.408 e. The van der Waals surface area contributed by atoms with E-state index in [1.807, 2.05) is 0 Å². The van der Waals surface area contributed by atoms with Gasteiger partial charge in [-0.05, 0) is 43.3 Å². The lowest BCUT2D eigenvalue weighted by atomic mass is 10.2. The van der Waals surface area contributed by atoms with Crippen molar-refractivity contribution in [3.8, 4) is 0 Å². The van der Waals surface area contributed by atoms with Gasteiger partial charge in [0, 0.05) is 23.1 Å². The molecule has 0 saturated carbocycles. The number of anilines is 4. The summed E-state index contributed by atoms with van der Waals surface area (Å²) < 4.78 is 43.6.